The Balaban J connectivity index is 1.09. The summed E-state index contributed by atoms with van der Waals surface area (Å²) in [6, 6.07) is 25.5. The lowest BCUT2D eigenvalue weighted by Crippen LogP contribution is -2.28. The van der Waals surface area contributed by atoms with Crippen molar-refractivity contribution in [3.63, 3.8) is 0 Å². The van der Waals surface area contributed by atoms with E-state index in [2.05, 4.69) is 16.0 Å². The monoisotopic (exact) mass is 571 g/mol. The summed E-state index contributed by atoms with van der Waals surface area (Å²) in [6.07, 6.45) is 6.49. The quantitative estimate of drug-likeness (QED) is 0.239. The molecule has 3 heterocycles. The Bertz CT molecular complexity index is 1760. The first kappa shape index (κ1) is 28.1. The van der Waals surface area contributed by atoms with Gasteiger partial charge in [-0.3, -0.25) is 19.4 Å². The summed E-state index contributed by atoms with van der Waals surface area (Å²) in [4.78, 5) is 47.1. The number of carbonyl (C=O) groups is 3. The number of nitrogens with one attached hydrogen (secondary N) is 1. The molecule has 1 aromatic heterocycles. The summed E-state index contributed by atoms with van der Waals surface area (Å²) in [5, 5.41) is 9.07. The van der Waals surface area contributed by atoms with Gasteiger partial charge in [0.15, 0.2) is 5.78 Å². The second-order valence-electron chi connectivity index (χ2n) is 11.6. The Morgan fingerprint density at radius 3 is 2.51 bits per heavy atom. The van der Waals surface area contributed by atoms with Crippen LogP contribution in [-0.2, 0) is 28.0 Å². The smallest absolute Gasteiger partial charge is 0.303 e. The average molecular weight is 572 g/mol. The van der Waals surface area contributed by atoms with Gasteiger partial charge in [0.05, 0.1) is 12.0 Å². The highest BCUT2D eigenvalue weighted by atomic mass is 16.4. The van der Waals surface area contributed by atoms with Gasteiger partial charge < -0.3 is 15.0 Å². The number of ketones is 1. The minimum Gasteiger partial charge on any atom is -0.481 e. The van der Waals surface area contributed by atoms with E-state index in [0.717, 1.165) is 40.1 Å². The molecule has 0 aliphatic carbocycles. The third kappa shape index (κ3) is 5.71. The molecule has 2 unspecified atom stereocenters. The second-order valence-corrected chi connectivity index (χ2v) is 11.6. The standard InChI is InChI=1S/C36H33N3O4/c1-23(17-34(41)42)25-11-13-30(14-12-25)36(2)20-29(22-38-36)33(40)18-24-7-9-26(10-8-24)31-19-28(21-37-31)35(43)39-16-15-27-5-3-4-6-32(27)39/h3-14,19-23,37H,15-18H2,1-2H3,(H,41,42). The first-order chi connectivity index (χ1) is 20.7. The molecule has 216 valence electrons. The molecule has 2 N–H and O–H groups in total. The number of amides is 1. The predicted octanol–water partition coefficient (Wildman–Crippen LogP) is 6.50. The van der Waals surface area contributed by atoms with Crippen LogP contribution >= 0.6 is 0 Å². The van der Waals surface area contributed by atoms with E-state index < -0.39 is 11.5 Å². The Hall–Kier alpha value is -5.04. The van der Waals surface area contributed by atoms with E-state index in [9.17, 15) is 14.4 Å². The Kier molecular flexibility index (Phi) is 7.40. The number of Topliss-reactive ketones (excluding diaryl/α,β-unsaturated/α-hetero) is 1. The number of aliphatic carboxylic acids is 1. The molecule has 0 fully saturated rings. The molecule has 0 saturated heterocycles. The van der Waals surface area contributed by atoms with Crippen LogP contribution in [0.3, 0.4) is 0 Å². The molecule has 0 saturated carbocycles. The molecule has 0 spiro atoms. The molecule has 1 amide bonds. The Morgan fingerprint density at radius 1 is 1.02 bits per heavy atom. The van der Waals surface area contributed by atoms with Crippen LogP contribution < -0.4 is 4.90 Å². The van der Waals surface area contributed by atoms with E-state index in [1.165, 1.54) is 5.56 Å². The number of hydrogen-bond acceptors (Lipinski definition) is 4. The van der Waals surface area contributed by atoms with Gasteiger partial charge in [0.2, 0.25) is 0 Å². The number of H-pyrrole nitrogens is 1. The maximum Gasteiger partial charge on any atom is 0.303 e. The molecule has 7 heteroatoms. The van der Waals surface area contributed by atoms with Crippen molar-refractivity contribution in [2.75, 3.05) is 11.4 Å². The van der Waals surface area contributed by atoms with Gasteiger partial charge in [-0.15, -0.1) is 0 Å². The van der Waals surface area contributed by atoms with Crippen molar-refractivity contribution in [1.82, 2.24) is 4.98 Å². The van der Waals surface area contributed by atoms with Gasteiger partial charge in [0.25, 0.3) is 5.91 Å². The number of carboxylic acids is 1. The molecule has 7 nitrogen and oxygen atoms in total. The van der Waals surface area contributed by atoms with Gasteiger partial charge in [-0.2, -0.15) is 0 Å². The highest BCUT2D eigenvalue weighted by Crippen LogP contribution is 2.34. The van der Waals surface area contributed by atoms with Crippen molar-refractivity contribution in [2.24, 2.45) is 4.99 Å². The van der Waals surface area contributed by atoms with E-state index in [0.29, 0.717) is 17.7 Å². The number of anilines is 1. The number of carboxylic acid groups (broad SMARTS) is 1. The molecule has 2 atom stereocenters. The van der Waals surface area contributed by atoms with E-state index in [1.54, 1.807) is 12.4 Å². The van der Waals surface area contributed by atoms with Crippen molar-refractivity contribution in [1.29, 1.82) is 0 Å². The molecule has 0 bridgehead atoms. The largest absolute Gasteiger partial charge is 0.481 e. The van der Waals surface area contributed by atoms with Gasteiger partial charge in [-0.05, 0) is 65.3 Å². The minimum absolute atomic E-state index is 0.00873. The topological polar surface area (TPSA) is 103 Å². The summed E-state index contributed by atoms with van der Waals surface area (Å²) < 4.78 is 0. The lowest BCUT2D eigenvalue weighted by Gasteiger charge is -2.20. The number of fused-ring (bicyclic) bond motifs is 1. The number of hydrogen-bond donors (Lipinski definition) is 2. The zero-order valence-electron chi connectivity index (χ0n) is 24.2. The number of aromatic nitrogens is 1. The van der Waals surface area contributed by atoms with Crippen LogP contribution in [0.25, 0.3) is 11.3 Å². The molecule has 3 aromatic carbocycles. The van der Waals surface area contributed by atoms with Crippen molar-refractivity contribution >= 4 is 29.6 Å². The van der Waals surface area contributed by atoms with Crippen molar-refractivity contribution < 1.29 is 19.5 Å². The normalized spacial score (nSPS) is 17.9. The van der Waals surface area contributed by atoms with Gasteiger partial charge in [-0.1, -0.05) is 73.7 Å². The van der Waals surface area contributed by atoms with Crippen molar-refractivity contribution in [2.45, 2.75) is 44.6 Å². The number of rotatable bonds is 9. The summed E-state index contributed by atoms with van der Waals surface area (Å²) in [5.74, 6) is -0.929. The lowest BCUT2D eigenvalue weighted by atomic mass is 9.89. The van der Waals surface area contributed by atoms with Crippen molar-refractivity contribution in [3.05, 3.63) is 125 Å². The van der Waals surface area contributed by atoms with Gasteiger partial charge in [-0.25, -0.2) is 0 Å². The summed E-state index contributed by atoms with van der Waals surface area (Å²) in [7, 11) is 0. The SMILES string of the molecule is CC(CC(=O)O)c1ccc(C2(C)C=C(C(=O)Cc3ccc(-c4cc(C(=O)N5CCc6ccccc65)c[nH]4)cc3)C=N2)cc1. The van der Waals surface area contributed by atoms with E-state index in [4.69, 9.17) is 5.11 Å². The number of aliphatic imine (C=N–C) groups is 1. The fourth-order valence-electron chi connectivity index (χ4n) is 5.90. The molecule has 2 aliphatic heterocycles. The third-order valence-corrected chi connectivity index (χ3v) is 8.47. The summed E-state index contributed by atoms with van der Waals surface area (Å²) >= 11 is 0. The van der Waals surface area contributed by atoms with Crippen LogP contribution in [0.2, 0.25) is 0 Å². The average Bonchev–Trinajstić information content (AvgIpc) is 3.76. The number of para-hydroxylation sites is 1. The number of allylic oxidation sites excluding steroid dienone is 1. The number of carbonyl (C=O) groups excluding carboxylic acids is 2. The highest BCUT2D eigenvalue weighted by Gasteiger charge is 2.30. The van der Waals surface area contributed by atoms with Crippen LogP contribution in [0, 0.1) is 0 Å². The number of nitrogens with zero attached hydrogens (tertiary/aromatic N) is 2. The molecule has 6 rings (SSSR count). The van der Waals surface area contributed by atoms with Gasteiger partial charge in [0, 0.05) is 42.3 Å². The Morgan fingerprint density at radius 2 is 1.77 bits per heavy atom. The predicted molar refractivity (Wildman–Crippen MR) is 168 cm³/mol. The maximum atomic E-state index is 13.2. The maximum absolute atomic E-state index is 13.2. The molecular weight excluding hydrogens is 538 g/mol. The number of benzene rings is 3. The summed E-state index contributed by atoms with van der Waals surface area (Å²) in [6.45, 7) is 4.54. The zero-order valence-corrected chi connectivity index (χ0v) is 24.2. The third-order valence-electron chi connectivity index (χ3n) is 8.47. The molecule has 43 heavy (non-hydrogen) atoms. The highest BCUT2D eigenvalue weighted by molar-refractivity contribution is 6.15. The first-order valence-corrected chi connectivity index (χ1v) is 14.5. The first-order valence-electron chi connectivity index (χ1n) is 14.5. The molecule has 2 aliphatic rings. The molecular formula is C36H33N3O4. The van der Waals surface area contributed by atoms with E-state index >= 15 is 0 Å². The van der Waals surface area contributed by atoms with Crippen LogP contribution in [0.15, 0.2) is 102 Å². The molecule has 4 aromatic rings. The van der Waals surface area contributed by atoms with Crippen LogP contribution in [0.5, 0.6) is 0 Å². The van der Waals surface area contributed by atoms with Gasteiger partial charge >= 0.3 is 5.97 Å². The Labute approximate surface area is 250 Å². The second kappa shape index (κ2) is 11.3. The molecule has 0 radical (unpaired) electrons. The van der Waals surface area contributed by atoms with Crippen LogP contribution in [0.1, 0.15) is 58.8 Å². The minimum atomic E-state index is -0.820. The van der Waals surface area contributed by atoms with Gasteiger partial charge in [0.1, 0.15) is 5.54 Å². The fraction of sp³-hybridized carbons (Fsp3) is 0.222. The lowest BCUT2D eigenvalue weighted by molar-refractivity contribution is -0.137. The van der Waals surface area contributed by atoms with E-state index in [-0.39, 0.29) is 30.4 Å². The number of aromatic amines is 1. The van der Waals surface area contributed by atoms with Crippen molar-refractivity contribution in [3.8, 4) is 11.3 Å². The van der Waals surface area contributed by atoms with Crippen LogP contribution in [0.4, 0.5) is 5.69 Å². The summed E-state index contributed by atoms with van der Waals surface area (Å²) in [5.41, 5.74) is 7.29. The zero-order chi connectivity index (χ0) is 30.1. The fourth-order valence-corrected chi connectivity index (χ4v) is 5.90. The van der Waals surface area contributed by atoms with E-state index in [1.807, 2.05) is 97.6 Å². The van der Waals surface area contributed by atoms with Crippen LogP contribution in [-0.4, -0.2) is 40.5 Å².